The van der Waals surface area contributed by atoms with Crippen molar-refractivity contribution in [2.24, 2.45) is 0 Å². The molecule has 2 heteroatoms. The number of hydrogen-bond donors (Lipinski definition) is 0. The molecule has 21 heavy (non-hydrogen) atoms. The van der Waals surface area contributed by atoms with Crippen LogP contribution in [0, 0.1) is 0 Å². The molecule has 0 spiro atoms. The Hall–Kier alpha value is 0.440. The maximum absolute atomic E-state index is 2.29. The van der Waals surface area contributed by atoms with Crippen LogP contribution in [0.4, 0.5) is 0 Å². The van der Waals surface area contributed by atoms with Crippen molar-refractivity contribution in [3.05, 3.63) is 11.5 Å². The van der Waals surface area contributed by atoms with Gasteiger partial charge in [0, 0.05) is 5.75 Å². The van der Waals surface area contributed by atoms with E-state index >= 15 is 0 Å². The molecular weight excluding hydrogens is 292 g/mol. The molecule has 0 aromatic heterocycles. The molecule has 0 aliphatic carbocycles. The van der Waals surface area contributed by atoms with Gasteiger partial charge in [0.25, 0.3) is 0 Å². The van der Waals surface area contributed by atoms with Crippen LogP contribution in [0.25, 0.3) is 0 Å². The molecule has 1 aliphatic rings. The van der Waals surface area contributed by atoms with Crippen molar-refractivity contribution >= 4 is 21.6 Å². The largest absolute Gasteiger partial charge is 0.0854 e. The lowest BCUT2D eigenvalue weighted by atomic mass is 10.0. The van der Waals surface area contributed by atoms with E-state index in [-0.39, 0.29) is 0 Å². The third kappa shape index (κ3) is 20.4. The van der Waals surface area contributed by atoms with Crippen molar-refractivity contribution in [2.45, 2.75) is 104 Å². The molecule has 0 fully saturated rings. The van der Waals surface area contributed by atoms with Gasteiger partial charge in [0.2, 0.25) is 0 Å². The van der Waals surface area contributed by atoms with Gasteiger partial charge in [-0.05, 0) is 5.41 Å². The lowest BCUT2D eigenvalue weighted by Gasteiger charge is -2.02. The summed E-state index contributed by atoms with van der Waals surface area (Å²) >= 11 is 0. The molecule has 0 saturated heterocycles. The summed E-state index contributed by atoms with van der Waals surface area (Å²) in [5.41, 5.74) is 0. The van der Waals surface area contributed by atoms with Gasteiger partial charge >= 0.3 is 0 Å². The van der Waals surface area contributed by atoms with Crippen LogP contribution in [0.5, 0.6) is 0 Å². The minimum atomic E-state index is 1.20. The Kier molecular flexibility index (Phi) is 20.9. The van der Waals surface area contributed by atoms with E-state index in [9.17, 15) is 0 Å². The molecular formula is C19H38S2. The molecule has 126 valence electrons. The van der Waals surface area contributed by atoms with Crippen LogP contribution in [0.15, 0.2) is 11.5 Å². The summed E-state index contributed by atoms with van der Waals surface area (Å²) in [5.74, 6) is 1.20. The monoisotopic (exact) mass is 330 g/mol. The van der Waals surface area contributed by atoms with E-state index in [1.807, 2.05) is 21.6 Å². The van der Waals surface area contributed by atoms with Crippen LogP contribution in [-0.2, 0) is 0 Å². The summed E-state index contributed by atoms with van der Waals surface area (Å²) in [5, 5.41) is 2.12. The summed E-state index contributed by atoms with van der Waals surface area (Å²) in [6.45, 7) is 4.58. The first-order chi connectivity index (χ1) is 10.4. The fraction of sp³-hybridized carbons (Fsp3) is 0.895. The van der Waals surface area contributed by atoms with Gasteiger partial charge < -0.3 is 0 Å². The molecule has 0 bridgehead atoms. The first kappa shape index (κ1) is 21.4. The molecule has 1 rings (SSSR count). The Bertz CT molecular complexity index is 182. The number of unbranched alkanes of at least 4 members (excludes halogenated alkanes) is 13. The first-order valence-electron chi connectivity index (χ1n) is 9.35. The summed E-state index contributed by atoms with van der Waals surface area (Å²) < 4.78 is 0. The summed E-state index contributed by atoms with van der Waals surface area (Å²) in [4.78, 5) is 0. The van der Waals surface area contributed by atoms with Gasteiger partial charge in [0.1, 0.15) is 0 Å². The van der Waals surface area contributed by atoms with E-state index in [0.29, 0.717) is 0 Å². The standard InChI is InChI=1S/C16H34.C3H4S2/c1-3-5-7-9-11-13-15-16-14-12-10-8-6-4-2;1-2-4-5-3-1/h3-16H2,1-2H3;1-2H,3H2. The zero-order valence-electron chi connectivity index (χ0n) is 14.6. The summed E-state index contributed by atoms with van der Waals surface area (Å²) in [6, 6.07) is 0. The van der Waals surface area contributed by atoms with Gasteiger partial charge in [-0.3, -0.25) is 0 Å². The predicted molar refractivity (Wildman–Crippen MR) is 105 cm³/mol. The van der Waals surface area contributed by atoms with Crippen molar-refractivity contribution in [3.63, 3.8) is 0 Å². The zero-order valence-corrected chi connectivity index (χ0v) is 16.2. The highest BCUT2D eigenvalue weighted by molar-refractivity contribution is 8.78. The van der Waals surface area contributed by atoms with Gasteiger partial charge in [-0.25, -0.2) is 0 Å². The predicted octanol–water partition coefficient (Wildman–Crippen LogP) is 8.38. The Morgan fingerprint density at radius 3 is 1.19 bits per heavy atom. The Morgan fingerprint density at radius 1 is 0.619 bits per heavy atom. The Balaban J connectivity index is 0.000000662. The fourth-order valence-electron chi connectivity index (χ4n) is 2.46. The molecule has 1 aliphatic heterocycles. The molecule has 0 aromatic rings. The van der Waals surface area contributed by atoms with Crippen LogP contribution in [0.3, 0.4) is 0 Å². The fourth-order valence-corrected chi connectivity index (χ4v) is 4.04. The van der Waals surface area contributed by atoms with E-state index in [1.54, 1.807) is 0 Å². The van der Waals surface area contributed by atoms with Crippen LogP contribution < -0.4 is 0 Å². The molecule has 0 nitrogen and oxygen atoms in total. The van der Waals surface area contributed by atoms with Crippen molar-refractivity contribution in [1.82, 2.24) is 0 Å². The molecule has 0 atom stereocenters. The third-order valence-electron chi connectivity index (χ3n) is 3.84. The third-order valence-corrected chi connectivity index (χ3v) is 5.76. The molecule has 0 unspecified atom stereocenters. The molecule has 0 N–H and O–H groups in total. The normalized spacial score (nSPS) is 13.2. The SMILES string of the molecule is C1=CSSC1.CCCCCCCCCCCCCCCC. The topological polar surface area (TPSA) is 0 Å². The van der Waals surface area contributed by atoms with E-state index < -0.39 is 0 Å². The minimum Gasteiger partial charge on any atom is -0.0854 e. The minimum absolute atomic E-state index is 1.20. The van der Waals surface area contributed by atoms with E-state index in [0.717, 1.165) is 0 Å². The Labute approximate surface area is 142 Å². The average Bonchev–Trinajstić information content (AvgIpc) is 3.08. The van der Waals surface area contributed by atoms with Crippen molar-refractivity contribution in [1.29, 1.82) is 0 Å². The first-order valence-corrected chi connectivity index (χ1v) is 11.7. The summed E-state index contributed by atoms with van der Waals surface area (Å²) in [7, 11) is 3.69. The van der Waals surface area contributed by atoms with Crippen LogP contribution in [0.2, 0.25) is 0 Å². The number of hydrogen-bond acceptors (Lipinski definition) is 2. The van der Waals surface area contributed by atoms with Gasteiger partial charge in [0.15, 0.2) is 0 Å². The van der Waals surface area contributed by atoms with Gasteiger partial charge in [-0.2, -0.15) is 0 Å². The lowest BCUT2D eigenvalue weighted by molar-refractivity contribution is 0.538. The van der Waals surface area contributed by atoms with Crippen molar-refractivity contribution in [3.8, 4) is 0 Å². The summed E-state index contributed by atoms with van der Waals surface area (Å²) in [6.07, 6.45) is 22.6. The highest BCUT2D eigenvalue weighted by Crippen LogP contribution is 2.27. The molecule has 0 aromatic carbocycles. The highest BCUT2D eigenvalue weighted by atomic mass is 33.1. The van der Waals surface area contributed by atoms with Crippen molar-refractivity contribution < 1.29 is 0 Å². The lowest BCUT2D eigenvalue weighted by Crippen LogP contribution is -1.82. The zero-order chi connectivity index (χ0) is 15.4. The van der Waals surface area contributed by atoms with Crippen LogP contribution in [0.1, 0.15) is 104 Å². The quantitative estimate of drug-likeness (QED) is 0.245. The van der Waals surface area contributed by atoms with Gasteiger partial charge in [-0.1, -0.05) is 131 Å². The van der Waals surface area contributed by atoms with Gasteiger partial charge in [-0.15, -0.1) is 0 Å². The van der Waals surface area contributed by atoms with E-state index in [1.165, 1.54) is 95.6 Å². The van der Waals surface area contributed by atoms with Crippen LogP contribution >= 0.6 is 21.6 Å². The van der Waals surface area contributed by atoms with Gasteiger partial charge in [0.05, 0.1) is 0 Å². The molecule has 0 saturated carbocycles. The molecule has 0 amide bonds. The maximum atomic E-state index is 2.29. The molecule has 1 heterocycles. The van der Waals surface area contributed by atoms with Crippen molar-refractivity contribution in [2.75, 3.05) is 5.75 Å². The second-order valence-electron chi connectivity index (χ2n) is 6.00. The average molecular weight is 331 g/mol. The number of rotatable bonds is 13. The Morgan fingerprint density at radius 2 is 1.00 bits per heavy atom. The maximum Gasteiger partial charge on any atom is 0.0229 e. The highest BCUT2D eigenvalue weighted by Gasteiger charge is 1.92. The smallest absolute Gasteiger partial charge is 0.0229 e. The van der Waals surface area contributed by atoms with Crippen LogP contribution in [-0.4, -0.2) is 5.75 Å². The van der Waals surface area contributed by atoms with E-state index in [4.69, 9.17) is 0 Å². The molecule has 0 radical (unpaired) electrons. The second-order valence-corrected chi connectivity index (χ2v) is 8.31. The van der Waals surface area contributed by atoms with E-state index in [2.05, 4.69) is 25.3 Å². The second kappa shape index (κ2) is 20.4.